The minimum atomic E-state index is -3.85. The number of rotatable bonds is 5. The summed E-state index contributed by atoms with van der Waals surface area (Å²) < 4.78 is 32.1. The third-order valence-corrected chi connectivity index (χ3v) is 6.21. The van der Waals surface area contributed by atoms with Crippen LogP contribution in [-0.2, 0) is 14.8 Å². The van der Waals surface area contributed by atoms with Crippen LogP contribution in [0.5, 0.6) is 0 Å². The van der Waals surface area contributed by atoms with E-state index in [-0.39, 0.29) is 16.4 Å². The van der Waals surface area contributed by atoms with Crippen LogP contribution in [0.3, 0.4) is 0 Å². The summed E-state index contributed by atoms with van der Waals surface area (Å²) in [5.41, 5.74) is -1.01. The van der Waals surface area contributed by atoms with Crippen molar-refractivity contribution < 1.29 is 28.2 Å². The van der Waals surface area contributed by atoms with Gasteiger partial charge in [0.1, 0.15) is 4.21 Å². The average molecular weight is 321 g/mol. The Hall–Kier alpha value is -1.00. The van der Waals surface area contributed by atoms with Crippen LogP contribution in [0.15, 0.2) is 15.7 Å². The molecule has 1 aliphatic heterocycles. The van der Waals surface area contributed by atoms with Gasteiger partial charge in [0, 0.05) is 18.6 Å². The van der Waals surface area contributed by atoms with E-state index in [2.05, 4.69) is 4.72 Å². The monoisotopic (exact) mass is 321 g/mol. The highest BCUT2D eigenvalue weighted by Gasteiger charge is 2.37. The summed E-state index contributed by atoms with van der Waals surface area (Å²) in [6.07, 6.45) is 0.750. The molecule has 0 unspecified atom stereocenters. The van der Waals surface area contributed by atoms with Gasteiger partial charge in [0.15, 0.2) is 0 Å². The molecule has 112 valence electrons. The Kier molecular flexibility index (Phi) is 4.45. The maximum Gasteiger partial charge on any atom is 0.336 e. The molecule has 1 aromatic rings. The number of hydrogen-bond donors (Lipinski definition) is 3. The number of ether oxygens (including phenoxy) is 1. The summed E-state index contributed by atoms with van der Waals surface area (Å²) in [5, 5.41) is 19.6. The molecule has 2 heterocycles. The van der Waals surface area contributed by atoms with Crippen molar-refractivity contribution in [3.8, 4) is 0 Å². The van der Waals surface area contributed by atoms with Crippen molar-refractivity contribution >= 4 is 27.3 Å². The van der Waals surface area contributed by atoms with Crippen molar-refractivity contribution in [2.45, 2.75) is 22.6 Å². The maximum atomic E-state index is 12.3. The molecule has 0 amide bonds. The fraction of sp³-hybridized carbons (Fsp3) is 0.545. The highest BCUT2D eigenvalue weighted by Crippen LogP contribution is 2.26. The molecule has 0 bridgehead atoms. The topological polar surface area (TPSA) is 113 Å². The second-order valence-electron chi connectivity index (χ2n) is 4.62. The van der Waals surface area contributed by atoms with Gasteiger partial charge in [-0.2, -0.15) is 0 Å². The van der Waals surface area contributed by atoms with Gasteiger partial charge >= 0.3 is 5.97 Å². The molecule has 9 heteroatoms. The molecule has 1 aromatic heterocycles. The summed E-state index contributed by atoms with van der Waals surface area (Å²) in [6.45, 7) is 0.411. The minimum absolute atomic E-state index is 0.0691. The highest BCUT2D eigenvalue weighted by molar-refractivity contribution is 7.91. The van der Waals surface area contributed by atoms with Crippen molar-refractivity contribution in [1.82, 2.24) is 4.72 Å². The highest BCUT2D eigenvalue weighted by atomic mass is 32.2. The first kappa shape index (κ1) is 15.4. The lowest BCUT2D eigenvalue weighted by molar-refractivity contribution is 0.0223. The van der Waals surface area contributed by atoms with Crippen LogP contribution < -0.4 is 4.72 Å². The van der Waals surface area contributed by atoms with Crippen LogP contribution in [0.25, 0.3) is 0 Å². The standard InChI is InChI=1S/C11H15NO6S2/c13-7-11(1-3-18-4-2-11)12-20(16,17)9-5-8(6-19-9)10(14)15/h5-6,12-13H,1-4,7H2,(H,14,15). The number of aliphatic hydroxyl groups is 1. The largest absolute Gasteiger partial charge is 0.478 e. The van der Waals surface area contributed by atoms with Crippen LogP contribution in [0, 0.1) is 0 Å². The lowest BCUT2D eigenvalue weighted by Crippen LogP contribution is -2.54. The second-order valence-corrected chi connectivity index (χ2v) is 7.44. The minimum Gasteiger partial charge on any atom is -0.478 e. The summed E-state index contributed by atoms with van der Waals surface area (Å²) in [6, 6.07) is 1.11. The Labute approximate surface area is 120 Å². The van der Waals surface area contributed by atoms with E-state index >= 15 is 0 Å². The van der Waals surface area contributed by atoms with E-state index in [9.17, 15) is 18.3 Å². The van der Waals surface area contributed by atoms with Gasteiger partial charge in [-0.05, 0) is 18.9 Å². The number of thiophene rings is 1. The van der Waals surface area contributed by atoms with Crippen molar-refractivity contribution in [2.24, 2.45) is 0 Å². The van der Waals surface area contributed by atoms with Gasteiger partial charge in [-0.15, -0.1) is 11.3 Å². The SMILES string of the molecule is O=C(O)c1csc(S(=O)(=O)NC2(CO)CCOCC2)c1. The van der Waals surface area contributed by atoms with Crippen LogP contribution in [0.4, 0.5) is 0 Å². The van der Waals surface area contributed by atoms with E-state index in [0.29, 0.717) is 26.1 Å². The zero-order valence-corrected chi connectivity index (χ0v) is 12.2. The lowest BCUT2D eigenvalue weighted by Gasteiger charge is -2.35. The molecule has 2 rings (SSSR count). The second kappa shape index (κ2) is 5.78. The van der Waals surface area contributed by atoms with Gasteiger partial charge in [-0.3, -0.25) is 0 Å². The Balaban J connectivity index is 2.23. The van der Waals surface area contributed by atoms with E-state index in [0.717, 1.165) is 17.4 Å². The summed E-state index contributed by atoms with van der Waals surface area (Å²) in [4.78, 5) is 10.8. The summed E-state index contributed by atoms with van der Waals surface area (Å²) >= 11 is 0.838. The molecule has 1 aliphatic rings. The van der Waals surface area contributed by atoms with E-state index < -0.39 is 21.5 Å². The molecule has 0 spiro atoms. The number of hydrogen-bond acceptors (Lipinski definition) is 6. The Morgan fingerprint density at radius 2 is 2.10 bits per heavy atom. The van der Waals surface area contributed by atoms with E-state index in [1.54, 1.807) is 0 Å². The van der Waals surface area contributed by atoms with Crippen LogP contribution in [0.1, 0.15) is 23.2 Å². The first-order valence-corrected chi connectivity index (χ1v) is 8.29. The van der Waals surface area contributed by atoms with E-state index in [1.807, 2.05) is 0 Å². The Morgan fingerprint density at radius 3 is 2.60 bits per heavy atom. The molecular formula is C11H15NO6S2. The van der Waals surface area contributed by atoms with Crippen molar-refractivity contribution in [3.63, 3.8) is 0 Å². The number of carboxylic acids is 1. The fourth-order valence-electron chi connectivity index (χ4n) is 1.96. The molecule has 7 nitrogen and oxygen atoms in total. The van der Waals surface area contributed by atoms with Gasteiger partial charge in [0.05, 0.1) is 17.7 Å². The predicted octanol–water partition coefficient (Wildman–Crippen LogP) is 0.266. The number of nitrogens with one attached hydrogen (secondary N) is 1. The number of aliphatic hydroxyl groups excluding tert-OH is 1. The third kappa shape index (κ3) is 3.18. The smallest absolute Gasteiger partial charge is 0.336 e. The van der Waals surface area contributed by atoms with E-state index in [1.165, 1.54) is 5.38 Å². The van der Waals surface area contributed by atoms with Crippen molar-refractivity contribution in [1.29, 1.82) is 0 Å². The quantitative estimate of drug-likeness (QED) is 0.717. The van der Waals surface area contributed by atoms with Gasteiger partial charge in [-0.1, -0.05) is 0 Å². The molecular weight excluding hydrogens is 306 g/mol. The number of carboxylic acid groups (broad SMARTS) is 1. The van der Waals surface area contributed by atoms with Crippen LogP contribution >= 0.6 is 11.3 Å². The van der Waals surface area contributed by atoms with Gasteiger partial charge in [-0.25, -0.2) is 17.9 Å². The molecule has 1 fully saturated rings. The molecule has 3 N–H and O–H groups in total. The molecule has 20 heavy (non-hydrogen) atoms. The van der Waals surface area contributed by atoms with E-state index in [4.69, 9.17) is 9.84 Å². The Morgan fingerprint density at radius 1 is 1.45 bits per heavy atom. The van der Waals surface area contributed by atoms with Gasteiger partial charge in [0.25, 0.3) is 10.0 Å². The molecule has 0 aliphatic carbocycles. The third-order valence-electron chi connectivity index (χ3n) is 3.19. The molecule has 0 aromatic carbocycles. The number of aromatic carboxylic acids is 1. The molecule has 1 saturated heterocycles. The normalized spacial score (nSPS) is 18.9. The van der Waals surface area contributed by atoms with Gasteiger partial charge in [0.2, 0.25) is 0 Å². The van der Waals surface area contributed by atoms with Crippen LogP contribution in [-0.4, -0.2) is 50.0 Å². The molecule has 0 atom stereocenters. The zero-order valence-electron chi connectivity index (χ0n) is 10.5. The number of sulfonamides is 1. The predicted molar refractivity (Wildman–Crippen MR) is 71.5 cm³/mol. The zero-order chi connectivity index (χ0) is 14.8. The number of carbonyl (C=O) groups is 1. The maximum absolute atomic E-state index is 12.3. The Bertz CT molecular complexity index is 588. The summed E-state index contributed by atoms with van der Waals surface area (Å²) in [5.74, 6) is -1.18. The first-order valence-electron chi connectivity index (χ1n) is 5.93. The fourth-order valence-corrected chi connectivity index (χ4v) is 4.56. The average Bonchev–Trinajstić information content (AvgIpc) is 2.90. The lowest BCUT2D eigenvalue weighted by atomic mass is 9.93. The van der Waals surface area contributed by atoms with Crippen LogP contribution in [0.2, 0.25) is 0 Å². The molecule has 0 radical (unpaired) electrons. The van der Waals surface area contributed by atoms with Crippen molar-refractivity contribution in [3.05, 3.63) is 17.0 Å². The molecule has 0 saturated carbocycles. The summed E-state index contributed by atoms with van der Waals surface area (Å²) in [7, 11) is -3.85. The van der Waals surface area contributed by atoms with Gasteiger partial charge < -0.3 is 14.9 Å². The van der Waals surface area contributed by atoms with Crippen molar-refractivity contribution in [2.75, 3.05) is 19.8 Å². The first-order chi connectivity index (χ1) is 9.38.